The van der Waals surface area contributed by atoms with Crippen LogP contribution in [-0.2, 0) is 5.41 Å². The molecule has 1 aromatic heterocycles. The van der Waals surface area contributed by atoms with Gasteiger partial charge in [0, 0.05) is 10.9 Å². The lowest BCUT2D eigenvalue weighted by Crippen LogP contribution is -2.11. The Labute approximate surface area is 159 Å². The monoisotopic (exact) mass is 363 g/mol. The maximum Gasteiger partial charge on any atom is 0.203 e. The number of nitrogens with zero attached hydrogens (tertiary/aromatic N) is 2. The third kappa shape index (κ3) is 4.38. The molecule has 0 fully saturated rings. The minimum absolute atomic E-state index is 0.162. The minimum atomic E-state index is 0.162. The fourth-order valence-electron chi connectivity index (χ4n) is 2.59. The summed E-state index contributed by atoms with van der Waals surface area (Å²) in [7, 11) is 0. The van der Waals surface area contributed by atoms with Crippen LogP contribution in [0.2, 0.25) is 0 Å². The van der Waals surface area contributed by atoms with Gasteiger partial charge in [-0.25, -0.2) is 4.98 Å². The SMILES string of the molecule is CC(=NNc1nc(-c2ccc(C)cc2)cs1)c1ccc(C(C)(C)C)cc1. The van der Waals surface area contributed by atoms with Gasteiger partial charge >= 0.3 is 0 Å². The van der Waals surface area contributed by atoms with E-state index < -0.39 is 0 Å². The Bertz CT molecular complexity index is 898. The Balaban J connectivity index is 1.70. The zero-order chi connectivity index (χ0) is 18.7. The van der Waals surface area contributed by atoms with E-state index >= 15 is 0 Å². The number of rotatable bonds is 4. The number of hydrazone groups is 1. The average Bonchev–Trinajstić information content (AvgIpc) is 3.08. The number of benzene rings is 2. The third-order valence-corrected chi connectivity index (χ3v) is 5.09. The van der Waals surface area contributed by atoms with Crippen LogP contribution in [0, 0.1) is 6.92 Å². The molecule has 0 aliphatic carbocycles. The summed E-state index contributed by atoms with van der Waals surface area (Å²) in [6.45, 7) is 10.8. The predicted molar refractivity (Wildman–Crippen MR) is 113 cm³/mol. The highest BCUT2D eigenvalue weighted by molar-refractivity contribution is 7.14. The maximum absolute atomic E-state index is 4.62. The van der Waals surface area contributed by atoms with Crippen LogP contribution >= 0.6 is 11.3 Å². The molecule has 2 aromatic carbocycles. The highest BCUT2D eigenvalue weighted by atomic mass is 32.1. The van der Waals surface area contributed by atoms with Gasteiger partial charge in [0.2, 0.25) is 5.13 Å². The molecule has 0 amide bonds. The molecule has 134 valence electrons. The topological polar surface area (TPSA) is 37.3 Å². The smallest absolute Gasteiger partial charge is 0.203 e. The first-order valence-corrected chi connectivity index (χ1v) is 9.65. The normalized spacial score (nSPS) is 12.3. The van der Waals surface area contributed by atoms with E-state index in [-0.39, 0.29) is 5.41 Å². The van der Waals surface area contributed by atoms with Crippen LogP contribution in [-0.4, -0.2) is 10.7 Å². The molecule has 1 heterocycles. The van der Waals surface area contributed by atoms with Crippen molar-refractivity contribution in [2.75, 3.05) is 5.43 Å². The summed E-state index contributed by atoms with van der Waals surface area (Å²) < 4.78 is 0. The van der Waals surface area contributed by atoms with Crippen LogP contribution in [0.5, 0.6) is 0 Å². The predicted octanol–water partition coefficient (Wildman–Crippen LogP) is 6.25. The fourth-order valence-corrected chi connectivity index (χ4v) is 3.25. The lowest BCUT2D eigenvalue weighted by Gasteiger charge is -2.19. The standard InChI is InChI=1S/C22H25N3S/c1-15-6-8-18(9-7-15)20-14-26-21(23-20)25-24-16(2)17-10-12-19(13-11-17)22(3,4)5/h6-14H,1-5H3,(H,23,25). The molecule has 3 rings (SSSR count). The van der Waals surface area contributed by atoms with Crippen LogP contribution in [0.15, 0.2) is 59.0 Å². The van der Waals surface area contributed by atoms with E-state index in [9.17, 15) is 0 Å². The summed E-state index contributed by atoms with van der Waals surface area (Å²) in [6, 6.07) is 17.0. The second-order valence-electron chi connectivity index (χ2n) is 7.54. The summed E-state index contributed by atoms with van der Waals surface area (Å²) >= 11 is 1.56. The molecule has 26 heavy (non-hydrogen) atoms. The second kappa shape index (κ2) is 7.42. The van der Waals surface area contributed by atoms with Crippen molar-refractivity contribution in [1.82, 2.24) is 4.98 Å². The van der Waals surface area contributed by atoms with Gasteiger partial charge in [0.15, 0.2) is 0 Å². The summed E-state index contributed by atoms with van der Waals surface area (Å²) in [5.41, 5.74) is 9.97. The van der Waals surface area contributed by atoms with Gasteiger partial charge in [-0.1, -0.05) is 74.9 Å². The van der Waals surface area contributed by atoms with Gasteiger partial charge in [-0.05, 0) is 30.4 Å². The van der Waals surface area contributed by atoms with Gasteiger partial charge < -0.3 is 0 Å². The van der Waals surface area contributed by atoms with Gasteiger partial charge in [-0.2, -0.15) is 5.10 Å². The van der Waals surface area contributed by atoms with Gasteiger partial charge in [-0.3, -0.25) is 5.43 Å². The molecular formula is C22H25N3S. The Morgan fingerprint density at radius 2 is 1.65 bits per heavy atom. The fraction of sp³-hybridized carbons (Fsp3) is 0.273. The largest absolute Gasteiger partial charge is 0.252 e. The Morgan fingerprint density at radius 3 is 2.27 bits per heavy atom. The zero-order valence-electron chi connectivity index (χ0n) is 16.0. The van der Waals surface area contributed by atoms with Crippen molar-refractivity contribution in [2.45, 2.75) is 40.0 Å². The summed E-state index contributed by atoms with van der Waals surface area (Å²) in [5.74, 6) is 0. The Morgan fingerprint density at radius 1 is 1.00 bits per heavy atom. The van der Waals surface area contributed by atoms with E-state index in [0.29, 0.717) is 0 Å². The molecule has 1 N–H and O–H groups in total. The van der Waals surface area contributed by atoms with E-state index in [4.69, 9.17) is 0 Å². The van der Waals surface area contributed by atoms with Crippen molar-refractivity contribution >= 4 is 22.2 Å². The molecule has 0 aliphatic rings. The van der Waals surface area contributed by atoms with Gasteiger partial charge in [0.05, 0.1) is 11.4 Å². The number of nitrogens with one attached hydrogen (secondary N) is 1. The summed E-state index contributed by atoms with van der Waals surface area (Å²) in [4.78, 5) is 4.62. The summed E-state index contributed by atoms with van der Waals surface area (Å²) in [6.07, 6.45) is 0. The number of hydrogen-bond acceptors (Lipinski definition) is 4. The number of hydrogen-bond donors (Lipinski definition) is 1. The molecular weight excluding hydrogens is 338 g/mol. The first-order valence-electron chi connectivity index (χ1n) is 8.77. The number of thiazole rings is 1. The lowest BCUT2D eigenvalue weighted by molar-refractivity contribution is 0.590. The molecule has 3 nitrogen and oxygen atoms in total. The number of anilines is 1. The quantitative estimate of drug-likeness (QED) is 0.439. The minimum Gasteiger partial charge on any atom is -0.252 e. The van der Waals surface area contributed by atoms with Gasteiger partial charge in [-0.15, -0.1) is 11.3 Å². The molecule has 0 aliphatic heterocycles. The van der Waals surface area contributed by atoms with Crippen molar-refractivity contribution in [3.63, 3.8) is 0 Å². The number of aryl methyl sites for hydroxylation is 1. The van der Waals surface area contributed by atoms with Crippen molar-refractivity contribution in [2.24, 2.45) is 5.10 Å². The Hall–Kier alpha value is -2.46. The molecule has 3 aromatic rings. The second-order valence-corrected chi connectivity index (χ2v) is 8.40. The molecule has 4 heteroatoms. The lowest BCUT2D eigenvalue weighted by atomic mass is 9.86. The van der Waals surface area contributed by atoms with Gasteiger partial charge in [0.1, 0.15) is 0 Å². The van der Waals surface area contributed by atoms with Crippen molar-refractivity contribution in [3.05, 3.63) is 70.6 Å². The maximum atomic E-state index is 4.62. The first kappa shape index (κ1) is 18.3. The zero-order valence-corrected chi connectivity index (χ0v) is 16.8. The average molecular weight is 364 g/mol. The van der Waals surface area contributed by atoms with E-state index in [1.165, 1.54) is 11.1 Å². The molecule has 0 bridgehead atoms. The molecule has 0 saturated heterocycles. The Kier molecular flexibility index (Phi) is 5.23. The van der Waals surface area contributed by atoms with Crippen molar-refractivity contribution < 1.29 is 0 Å². The molecule has 0 atom stereocenters. The van der Waals surface area contributed by atoms with E-state index in [0.717, 1.165) is 27.7 Å². The van der Waals surface area contributed by atoms with Crippen molar-refractivity contribution in [3.8, 4) is 11.3 Å². The van der Waals surface area contributed by atoms with E-state index in [1.807, 2.05) is 6.92 Å². The highest BCUT2D eigenvalue weighted by Crippen LogP contribution is 2.25. The van der Waals surface area contributed by atoms with Gasteiger partial charge in [0.25, 0.3) is 0 Å². The van der Waals surface area contributed by atoms with E-state index in [1.54, 1.807) is 11.3 Å². The molecule has 0 saturated carbocycles. The van der Waals surface area contributed by atoms with E-state index in [2.05, 4.69) is 97.1 Å². The van der Waals surface area contributed by atoms with Crippen molar-refractivity contribution in [1.29, 1.82) is 0 Å². The highest BCUT2D eigenvalue weighted by Gasteiger charge is 2.13. The third-order valence-electron chi connectivity index (χ3n) is 4.34. The first-order chi connectivity index (χ1) is 12.3. The summed E-state index contributed by atoms with van der Waals surface area (Å²) in [5, 5.41) is 7.34. The van der Waals surface area contributed by atoms with Crippen LogP contribution in [0.4, 0.5) is 5.13 Å². The molecule has 0 unspecified atom stereocenters. The van der Waals surface area contributed by atoms with Crippen LogP contribution in [0.1, 0.15) is 44.4 Å². The molecule has 0 spiro atoms. The van der Waals surface area contributed by atoms with Crippen LogP contribution in [0.3, 0.4) is 0 Å². The molecule has 0 radical (unpaired) electrons. The van der Waals surface area contributed by atoms with Crippen LogP contribution in [0.25, 0.3) is 11.3 Å². The number of aromatic nitrogens is 1. The van der Waals surface area contributed by atoms with Crippen LogP contribution < -0.4 is 5.43 Å².